The average molecular weight is 387 g/mol. The van der Waals surface area contributed by atoms with Gasteiger partial charge in [0, 0.05) is 6.42 Å². The Morgan fingerprint density at radius 2 is 1.44 bits per heavy atom. The van der Waals surface area contributed by atoms with Crippen LogP contribution in [0.5, 0.6) is 0 Å². The van der Waals surface area contributed by atoms with Gasteiger partial charge in [-0.1, -0.05) is 81.4 Å². The van der Waals surface area contributed by atoms with Gasteiger partial charge < -0.3 is 19.4 Å². The van der Waals surface area contributed by atoms with Crippen molar-refractivity contribution in [3.8, 4) is 0 Å². The number of aliphatic hydroxyl groups excluding tert-OH is 2. The molecule has 2 aromatic carbocycles. The molecule has 27 heavy (non-hydrogen) atoms. The Hall–Kier alpha value is -1.50. The lowest BCUT2D eigenvalue weighted by Crippen LogP contribution is -2.68. The summed E-state index contributed by atoms with van der Waals surface area (Å²) in [4.78, 5) is 0. The standard InChI is InChI=1S/C22H30O4Si/c1-16(21-19(23)15-20(24)25-21)26-27(22(2,3)4,17-11-7-5-8-12-17)18-13-9-6-10-14-18/h5-14,16,19-21,23-24H,15H2,1-4H3/t16-,19-,20+,21+/m0/s1. The number of ether oxygens (including phenoxy) is 1. The number of hydrogen-bond acceptors (Lipinski definition) is 4. The molecule has 1 fully saturated rings. The molecule has 0 unspecified atom stereocenters. The molecule has 0 aliphatic carbocycles. The van der Waals surface area contributed by atoms with Gasteiger partial charge in [-0.25, -0.2) is 0 Å². The third-order valence-corrected chi connectivity index (χ3v) is 10.5. The van der Waals surface area contributed by atoms with Crippen LogP contribution in [0.25, 0.3) is 0 Å². The van der Waals surface area contributed by atoms with E-state index < -0.39 is 26.8 Å². The third kappa shape index (κ3) is 3.88. The van der Waals surface area contributed by atoms with Crippen molar-refractivity contribution in [2.45, 2.75) is 63.8 Å². The fourth-order valence-electron chi connectivity index (χ4n) is 4.13. The zero-order valence-electron chi connectivity index (χ0n) is 16.5. The highest BCUT2D eigenvalue weighted by atomic mass is 28.4. The summed E-state index contributed by atoms with van der Waals surface area (Å²) < 4.78 is 12.5. The van der Waals surface area contributed by atoms with Gasteiger partial charge in [0.25, 0.3) is 8.32 Å². The van der Waals surface area contributed by atoms with Crippen LogP contribution in [0.15, 0.2) is 60.7 Å². The van der Waals surface area contributed by atoms with Crippen molar-refractivity contribution in [2.75, 3.05) is 0 Å². The Kier molecular flexibility index (Phi) is 5.89. The lowest BCUT2D eigenvalue weighted by atomic mass is 10.1. The van der Waals surface area contributed by atoms with E-state index in [4.69, 9.17) is 9.16 Å². The molecule has 3 rings (SSSR count). The quantitative estimate of drug-likeness (QED) is 0.775. The normalized spacial score (nSPS) is 24.7. The van der Waals surface area contributed by atoms with Gasteiger partial charge >= 0.3 is 0 Å². The number of hydrogen-bond donors (Lipinski definition) is 2. The minimum Gasteiger partial charge on any atom is -0.402 e. The molecule has 4 atom stereocenters. The van der Waals surface area contributed by atoms with E-state index in [2.05, 4.69) is 45.0 Å². The van der Waals surface area contributed by atoms with Crippen LogP contribution in [0.3, 0.4) is 0 Å². The van der Waals surface area contributed by atoms with Gasteiger partial charge in [0.2, 0.25) is 0 Å². The predicted octanol–water partition coefficient (Wildman–Crippen LogP) is 2.42. The first kappa shape index (κ1) is 20.2. The van der Waals surface area contributed by atoms with Gasteiger partial charge in [0.05, 0.1) is 12.2 Å². The summed E-state index contributed by atoms with van der Waals surface area (Å²) in [6.07, 6.45) is -2.34. The minimum atomic E-state index is -2.70. The molecular weight excluding hydrogens is 356 g/mol. The van der Waals surface area contributed by atoms with Crippen molar-refractivity contribution < 1.29 is 19.4 Å². The molecule has 1 aliphatic heterocycles. The van der Waals surface area contributed by atoms with E-state index in [-0.39, 0.29) is 17.6 Å². The highest BCUT2D eigenvalue weighted by molar-refractivity contribution is 6.99. The molecule has 146 valence electrons. The van der Waals surface area contributed by atoms with Crippen LogP contribution in [-0.2, 0) is 9.16 Å². The zero-order valence-corrected chi connectivity index (χ0v) is 17.5. The highest BCUT2D eigenvalue weighted by Gasteiger charge is 2.52. The molecule has 2 aromatic rings. The molecule has 0 saturated carbocycles. The monoisotopic (exact) mass is 386 g/mol. The van der Waals surface area contributed by atoms with Gasteiger partial charge in [-0.2, -0.15) is 0 Å². The summed E-state index contributed by atoms with van der Waals surface area (Å²) in [6, 6.07) is 20.8. The van der Waals surface area contributed by atoms with E-state index in [9.17, 15) is 10.2 Å². The molecule has 0 radical (unpaired) electrons. The molecule has 5 heteroatoms. The Morgan fingerprint density at radius 3 is 1.81 bits per heavy atom. The van der Waals surface area contributed by atoms with Crippen molar-refractivity contribution in [3.05, 3.63) is 60.7 Å². The van der Waals surface area contributed by atoms with Crippen LogP contribution in [-0.4, -0.2) is 43.1 Å². The van der Waals surface area contributed by atoms with Crippen LogP contribution in [0.1, 0.15) is 34.1 Å². The fraction of sp³-hybridized carbons (Fsp3) is 0.455. The second kappa shape index (κ2) is 7.85. The van der Waals surface area contributed by atoms with Crippen LogP contribution in [0.2, 0.25) is 5.04 Å². The number of benzene rings is 2. The Morgan fingerprint density at radius 1 is 0.963 bits per heavy atom. The predicted molar refractivity (Wildman–Crippen MR) is 110 cm³/mol. The van der Waals surface area contributed by atoms with Crippen molar-refractivity contribution >= 4 is 18.7 Å². The molecule has 4 nitrogen and oxygen atoms in total. The first-order chi connectivity index (χ1) is 12.8. The van der Waals surface area contributed by atoms with Crippen molar-refractivity contribution in [2.24, 2.45) is 0 Å². The van der Waals surface area contributed by atoms with Crippen LogP contribution in [0.4, 0.5) is 0 Å². The van der Waals surface area contributed by atoms with Crippen LogP contribution < -0.4 is 10.4 Å². The van der Waals surface area contributed by atoms with Gasteiger partial charge in [0.15, 0.2) is 6.29 Å². The SMILES string of the molecule is C[C@H](O[Si](c1ccccc1)(c1ccccc1)C(C)(C)C)[C@H]1O[C@@H](O)C[C@@H]1O. The van der Waals surface area contributed by atoms with Crippen molar-refractivity contribution in [3.63, 3.8) is 0 Å². The molecule has 0 bridgehead atoms. The lowest BCUT2D eigenvalue weighted by Gasteiger charge is -2.45. The first-order valence-electron chi connectivity index (χ1n) is 9.56. The Bertz CT molecular complexity index is 689. The molecule has 1 saturated heterocycles. The largest absolute Gasteiger partial charge is 0.402 e. The van der Waals surface area contributed by atoms with Crippen molar-refractivity contribution in [1.29, 1.82) is 0 Å². The highest BCUT2D eigenvalue weighted by Crippen LogP contribution is 2.38. The number of rotatable bonds is 5. The molecule has 0 spiro atoms. The molecule has 0 amide bonds. The maximum Gasteiger partial charge on any atom is 0.261 e. The van der Waals surface area contributed by atoms with E-state index in [0.717, 1.165) is 0 Å². The molecule has 0 aromatic heterocycles. The van der Waals surface area contributed by atoms with Gasteiger partial charge in [-0.3, -0.25) is 0 Å². The summed E-state index contributed by atoms with van der Waals surface area (Å²) in [5, 5.41) is 22.3. The van der Waals surface area contributed by atoms with E-state index in [1.54, 1.807) is 0 Å². The molecule has 1 aliphatic rings. The molecule has 1 heterocycles. The number of aliphatic hydroxyl groups is 2. The fourth-order valence-corrected chi connectivity index (χ4v) is 8.84. The van der Waals surface area contributed by atoms with E-state index in [1.807, 2.05) is 43.3 Å². The Balaban J connectivity index is 2.09. The Labute approximate surface area is 162 Å². The molecular formula is C22H30O4Si. The first-order valence-corrected chi connectivity index (χ1v) is 11.5. The summed E-state index contributed by atoms with van der Waals surface area (Å²) in [7, 11) is -2.70. The summed E-state index contributed by atoms with van der Waals surface area (Å²) in [6.45, 7) is 8.58. The van der Waals surface area contributed by atoms with E-state index >= 15 is 0 Å². The van der Waals surface area contributed by atoms with E-state index in [0.29, 0.717) is 0 Å². The van der Waals surface area contributed by atoms with Crippen molar-refractivity contribution in [1.82, 2.24) is 0 Å². The second-order valence-corrected chi connectivity index (χ2v) is 12.6. The van der Waals surface area contributed by atoms with Crippen LogP contribution >= 0.6 is 0 Å². The third-order valence-electron chi connectivity index (χ3n) is 5.38. The lowest BCUT2D eigenvalue weighted by molar-refractivity contribution is -0.122. The second-order valence-electron chi connectivity index (χ2n) is 8.34. The summed E-state index contributed by atoms with van der Waals surface area (Å²) in [5.74, 6) is 0. The topological polar surface area (TPSA) is 58.9 Å². The van der Waals surface area contributed by atoms with E-state index in [1.165, 1.54) is 10.4 Å². The smallest absolute Gasteiger partial charge is 0.261 e. The average Bonchev–Trinajstić information content (AvgIpc) is 2.98. The molecule has 2 N–H and O–H groups in total. The summed E-state index contributed by atoms with van der Waals surface area (Å²) >= 11 is 0. The van der Waals surface area contributed by atoms with Gasteiger partial charge in [0.1, 0.15) is 6.10 Å². The maximum absolute atomic E-state index is 10.3. The maximum atomic E-state index is 10.3. The zero-order chi connectivity index (χ0) is 19.7. The van der Waals surface area contributed by atoms with Gasteiger partial charge in [-0.15, -0.1) is 0 Å². The minimum absolute atomic E-state index is 0.147. The summed E-state index contributed by atoms with van der Waals surface area (Å²) in [5.41, 5.74) is 0. The van der Waals surface area contributed by atoms with Gasteiger partial charge in [-0.05, 0) is 22.3 Å². The van der Waals surface area contributed by atoms with Crippen LogP contribution in [0, 0.1) is 0 Å².